The zero-order valence-corrected chi connectivity index (χ0v) is 25.6. The summed E-state index contributed by atoms with van der Waals surface area (Å²) in [5.41, 5.74) is 1.14. The highest BCUT2D eigenvalue weighted by Gasteiger charge is 2.32. The number of aromatic hydroxyl groups is 1. The van der Waals surface area contributed by atoms with Crippen LogP contribution in [0.25, 0.3) is 11.8 Å². The first-order valence-corrected chi connectivity index (χ1v) is 14.6. The van der Waals surface area contributed by atoms with Gasteiger partial charge in [-0.2, -0.15) is 0 Å². The van der Waals surface area contributed by atoms with Crippen LogP contribution >= 0.6 is 11.3 Å². The Kier molecular flexibility index (Phi) is 9.00. The number of rotatable bonds is 10. The summed E-state index contributed by atoms with van der Waals surface area (Å²) in [7, 11) is 2.82. The van der Waals surface area contributed by atoms with Gasteiger partial charge in [0.2, 0.25) is 0 Å². The summed E-state index contributed by atoms with van der Waals surface area (Å²) in [5.74, 6) is -0.141. The van der Waals surface area contributed by atoms with Gasteiger partial charge in [0.15, 0.2) is 27.8 Å². The molecular formula is C32H29N3O9S. The van der Waals surface area contributed by atoms with Crippen molar-refractivity contribution in [1.29, 1.82) is 0 Å². The molecule has 3 aromatic carbocycles. The lowest BCUT2D eigenvalue weighted by atomic mass is 9.96. The number of methoxy groups -OCH3 is 2. The molecule has 0 bridgehead atoms. The Bertz CT molecular complexity index is 2000. The summed E-state index contributed by atoms with van der Waals surface area (Å²) in [6.07, 6.45) is 1.39. The summed E-state index contributed by atoms with van der Waals surface area (Å²) in [6.45, 7) is 3.54. The van der Waals surface area contributed by atoms with E-state index < -0.39 is 22.5 Å². The van der Waals surface area contributed by atoms with Gasteiger partial charge < -0.3 is 24.1 Å². The maximum absolute atomic E-state index is 13.7. The predicted octanol–water partition coefficient (Wildman–Crippen LogP) is 4.12. The van der Waals surface area contributed by atoms with Crippen LogP contribution in [0.15, 0.2) is 76.0 Å². The number of hydrogen-bond acceptors (Lipinski definition) is 11. The standard InChI is InChI=1S/C32H29N3O9S/c1-5-43-31(38)28-18(2)34-30(37)27(45-32(34)33-29(28)20-11-12-23(36)24(13-20)41-3)15-21-14-25(42-4)26(16-22(21)35(39)40)44-17-19-9-7-6-8-10-19/h6-16,29,36H,5,17H2,1-4H3/b27-15-/t29-/m0/s1. The maximum atomic E-state index is 13.7. The monoisotopic (exact) mass is 631 g/mol. The minimum atomic E-state index is -0.875. The molecule has 0 amide bonds. The molecule has 1 N–H and O–H groups in total. The van der Waals surface area contributed by atoms with Gasteiger partial charge in [-0.05, 0) is 49.2 Å². The van der Waals surface area contributed by atoms with Crippen LogP contribution in [0.2, 0.25) is 0 Å². The summed E-state index contributed by atoms with van der Waals surface area (Å²) >= 11 is 1.01. The Morgan fingerprint density at radius 3 is 2.49 bits per heavy atom. The van der Waals surface area contributed by atoms with E-state index in [-0.39, 0.29) is 62.4 Å². The highest BCUT2D eigenvalue weighted by molar-refractivity contribution is 7.07. The number of aromatic nitrogens is 1. The van der Waals surface area contributed by atoms with Gasteiger partial charge in [-0.3, -0.25) is 19.5 Å². The van der Waals surface area contributed by atoms with Crippen molar-refractivity contribution in [1.82, 2.24) is 4.57 Å². The number of allylic oxidation sites excluding steroid dienone is 1. The van der Waals surface area contributed by atoms with Gasteiger partial charge in [0, 0.05) is 5.70 Å². The molecule has 0 radical (unpaired) electrons. The highest BCUT2D eigenvalue weighted by Crippen LogP contribution is 2.37. The molecule has 4 aromatic rings. The van der Waals surface area contributed by atoms with E-state index in [1.807, 2.05) is 30.3 Å². The molecule has 2 heterocycles. The molecule has 0 saturated carbocycles. The highest BCUT2D eigenvalue weighted by atomic mass is 32.1. The van der Waals surface area contributed by atoms with E-state index in [0.29, 0.717) is 11.3 Å². The Hall–Kier alpha value is -5.43. The topological polar surface area (TPSA) is 152 Å². The van der Waals surface area contributed by atoms with Crippen molar-refractivity contribution in [2.75, 3.05) is 20.8 Å². The molecule has 45 heavy (non-hydrogen) atoms. The Morgan fingerprint density at radius 1 is 1.09 bits per heavy atom. The van der Waals surface area contributed by atoms with Crippen molar-refractivity contribution in [2.45, 2.75) is 26.5 Å². The second-order valence-electron chi connectivity index (χ2n) is 9.81. The molecule has 232 valence electrons. The summed E-state index contributed by atoms with van der Waals surface area (Å²) in [4.78, 5) is 43.4. The molecule has 0 fully saturated rings. The normalized spacial score (nSPS) is 14.4. The molecule has 1 aliphatic heterocycles. The quantitative estimate of drug-likeness (QED) is 0.155. The van der Waals surface area contributed by atoms with Gasteiger partial charge in [0.1, 0.15) is 12.6 Å². The van der Waals surface area contributed by atoms with Crippen LogP contribution in [-0.4, -0.2) is 41.4 Å². The molecule has 12 nitrogen and oxygen atoms in total. The molecule has 0 spiro atoms. The molecule has 5 rings (SSSR count). The lowest BCUT2D eigenvalue weighted by molar-refractivity contribution is -0.385. The number of thiazole rings is 1. The lowest BCUT2D eigenvalue weighted by Gasteiger charge is -2.22. The average Bonchev–Trinajstić information content (AvgIpc) is 3.35. The third-order valence-corrected chi connectivity index (χ3v) is 8.08. The number of carbonyl (C=O) groups is 1. The number of phenolic OH excluding ortho intramolecular Hbond substituents is 1. The van der Waals surface area contributed by atoms with Gasteiger partial charge in [0.05, 0.1) is 47.5 Å². The maximum Gasteiger partial charge on any atom is 0.338 e. The molecule has 1 atom stereocenters. The molecular weight excluding hydrogens is 602 g/mol. The van der Waals surface area contributed by atoms with E-state index in [1.54, 1.807) is 26.0 Å². The van der Waals surface area contributed by atoms with Crippen LogP contribution in [0.4, 0.5) is 5.69 Å². The van der Waals surface area contributed by atoms with Crippen molar-refractivity contribution < 1.29 is 33.8 Å². The summed E-state index contributed by atoms with van der Waals surface area (Å²) in [5, 5.41) is 22.2. The van der Waals surface area contributed by atoms with E-state index >= 15 is 0 Å². The SMILES string of the molecule is CCOC(=O)C1=C(C)n2c(s/c(=C\c3cc(OC)c(OCc4ccccc4)cc3[N+](=O)[O-])c2=O)=N[C@H]1c1ccc(O)c(OC)c1. The second kappa shape index (κ2) is 13.1. The van der Waals surface area contributed by atoms with Crippen LogP contribution in [0.5, 0.6) is 23.0 Å². The zero-order chi connectivity index (χ0) is 32.2. The Labute approximate surface area is 260 Å². The molecule has 0 aliphatic carbocycles. The fourth-order valence-electron chi connectivity index (χ4n) is 4.91. The van der Waals surface area contributed by atoms with Gasteiger partial charge in [0.25, 0.3) is 11.2 Å². The molecule has 1 aromatic heterocycles. The van der Waals surface area contributed by atoms with E-state index in [1.165, 1.54) is 43.1 Å². The average molecular weight is 632 g/mol. The van der Waals surface area contributed by atoms with Crippen molar-refractivity contribution >= 4 is 34.8 Å². The van der Waals surface area contributed by atoms with E-state index in [9.17, 15) is 24.8 Å². The number of carbonyl (C=O) groups excluding carboxylic acids is 1. The number of benzene rings is 3. The smallest absolute Gasteiger partial charge is 0.338 e. The van der Waals surface area contributed by atoms with Gasteiger partial charge in [-0.15, -0.1) is 0 Å². The van der Waals surface area contributed by atoms with Crippen molar-refractivity contribution in [3.63, 3.8) is 0 Å². The van der Waals surface area contributed by atoms with Crippen molar-refractivity contribution in [2.24, 2.45) is 4.99 Å². The minimum Gasteiger partial charge on any atom is -0.504 e. The van der Waals surface area contributed by atoms with E-state index in [2.05, 4.69) is 0 Å². The first-order valence-electron chi connectivity index (χ1n) is 13.8. The molecule has 0 unspecified atom stereocenters. The second-order valence-corrected chi connectivity index (χ2v) is 10.8. The minimum absolute atomic E-state index is 0.0890. The number of fused-ring (bicyclic) bond motifs is 1. The van der Waals surface area contributed by atoms with E-state index in [0.717, 1.165) is 16.9 Å². The molecule has 0 saturated heterocycles. The predicted molar refractivity (Wildman–Crippen MR) is 166 cm³/mol. The van der Waals surface area contributed by atoms with Gasteiger partial charge in [-0.1, -0.05) is 47.7 Å². The molecule has 13 heteroatoms. The van der Waals surface area contributed by atoms with Crippen LogP contribution in [0.3, 0.4) is 0 Å². The largest absolute Gasteiger partial charge is 0.504 e. The Balaban J connectivity index is 1.65. The summed E-state index contributed by atoms with van der Waals surface area (Å²) < 4.78 is 23.3. The fraction of sp³-hybridized carbons (Fsp3) is 0.219. The first-order chi connectivity index (χ1) is 21.7. The van der Waals surface area contributed by atoms with Crippen molar-refractivity contribution in [3.05, 3.63) is 113 Å². The third-order valence-electron chi connectivity index (χ3n) is 7.09. The summed E-state index contributed by atoms with van der Waals surface area (Å²) in [6, 6.07) is 15.7. The number of nitrogens with zero attached hydrogens (tertiary/aromatic N) is 3. The number of esters is 1. The number of nitro groups is 1. The number of ether oxygens (including phenoxy) is 4. The number of phenols is 1. The number of nitro benzene ring substituents is 1. The molecule has 1 aliphatic rings. The number of hydrogen-bond donors (Lipinski definition) is 1. The lowest BCUT2D eigenvalue weighted by Crippen LogP contribution is -2.35. The van der Waals surface area contributed by atoms with E-state index in [4.69, 9.17) is 23.9 Å². The fourth-order valence-corrected chi connectivity index (χ4v) is 5.94. The third kappa shape index (κ3) is 6.15. The van der Waals surface area contributed by atoms with Crippen LogP contribution in [0, 0.1) is 10.1 Å². The Morgan fingerprint density at radius 2 is 1.82 bits per heavy atom. The van der Waals surface area contributed by atoms with Crippen LogP contribution in [-0.2, 0) is 16.1 Å². The zero-order valence-electron chi connectivity index (χ0n) is 24.8. The van der Waals surface area contributed by atoms with Crippen LogP contribution in [0.1, 0.15) is 36.6 Å². The van der Waals surface area contributed by atoms with Crippen LogP contribution < -0.4 is 29.1 Å². The van der Waals surface area contributed by atoms with Gasteiger partial charge >= 0.3 is 5.97 Å². The first kappa shape index (κ1) is 31.0. The van der Waals surface area contributed by atoms with Crippen molar-refractivity contribution in [3.8, 4) is 23.0 Å². The van der Waals surface area contributed by atoms with Gasteiger partial charge in [-0.25, -0.2) is 9.79 Å².